The Kier molecular flexibility index (Phi) is 2.37. The predicted molar refractivity (Wildman–Crippen MR) is 87.0 cm³/mol. The van der Waals surface area contributed by atoms with Crippen LogP contribution in [0.15, 0.2) is 66.3 Å². The molecule has 0 saturated heterocycles. The van der Waals surface area contributed by atoms with E-state index in [1.54, 1.807) is 0 Å². The zero-order chi connectivity index (χ0) is 13.7. The molecule has 2 aromatic rings. The molecule has 4 rings (SSSR count). The van der Waals surface area contributed by atoms with Crippen LogP contribution in [-0.4, -0.2) is 13.1 Å². The summed E-state index contributed by atoms with van der Waals surface area (Å²) in [5, 5.41) is 2.66. The van der Waals surface area contributed by atoms with Gasteiger partial charge in [0, 0.05) is 18.3 Å². The van der Waals surface area contributed by atoms with E-state index in [9.17, 15) is 0 Å². The highest BCUT2D eigenvalue weighted by atomic mass is 15.1. The first kappa shape index (κ1) is 11.5. The van der Waals surface area contributed by atoms with Gasteiger partial charge < -0.3 is 4.90 Å². The van der Waals surface area contributed by atoms with Gasteiger partial charge >= 0.3 is 0 Å². The first-order chi connectivity index (χ1) is 9.77. The number of allylic oxidation sites excluding steroid dienone is 3. The minimum absolute atomic E-state index is 0.369. The molecule has 1 atom stereocenters. The Morgan fingerprint density at radius 1 is 1.00 bits per heavy atom. The van der Waals surface area contributed by atoms with Crippen LogP contribution in [0.3, 0.4) is 0 Å². The van der Waals surface area contributed by atoms with Crippen molar-refractivity contribution in [2.45, 2.75) is 13.0 Å². The van der Waals surface area contributed by atoms with Crippen molar-refractivity contribution in [3.05, 3.63) is 71.8 Å². The number of benzene rings is 2. The molecule has 1 heteroatoms. The first-order valence-corrected chi connectivity index (χ1v) is 7.08. The van der Waals surface area contributed by atoms with Crippen LogP contribution in [0.25, 0.3) is 16.3 Å². The highest BCUT2D eigenvalue weighted by Gasteiger charge is 2.28. The molecule has 0 bridgehead atoms. The lowest BCUT2D eigenvalue weighted by Crippen LogP contribution is -2.35. The van der Waals surface area contributed by atoms with E-state index in [-0.39, 0.29) is 0 Å². The Hall–Kier alpha value is -2.28. The van der Waals surface area contributed by atoms with Crippen molar-refractivity contribution in [3.63, 3.8) is 0 Å². The van der Waals surface area contributed by atoms with E-state index >= 15 is 0 Å². The number of likely N-dealkylation sites (N-methyl/N-ethyl adjacent to an activating group) is 1. The molecule has 20 heavy (non-hydrogen) atoms. The summed E-state index contributed by atoms with van der Waals surface area (Å²) in [6.45, 7) is 2.25. The Balaban J connectivity index is 2.10. The van der Waals surface area contributed by atoms with E-state index in [0.29, 0.717) is 6.04 Å². The number of nitrogens with zero attached hydrogens (tertiary/aromatic N) is 1. The SMILES string of the molecule is CC1=C2C=CC=CC2N(C)c2ccc3ccccc3c21. The van der Waals surface area contributed by atoms with E-state index in [4.69, 9.17) is 0 Å². The second-order valence-electron chi connectivity index (χ2n) is 5.56. The second kappa shape index (κ2) is 4.11. The average molecular weight is 259 g/mol. The zero-order valence-corrected chi connectivity index (χ0v) is 11.8. The van der Waals surface area contributed by atoms with E-state index in [2.05, 4.69) is 79.6 Å². The fraction of sp³-hybridized carbons (Fsp3) is 0.158. The molecule has 1 heterocycles. The van der Waals surface area contributed by atoms with E-state index in [1.165, 1.54) is 33.2 Å². The van der Waals surface area contributed by atoms with Crippen molar-refractivity contribution in [1.29, 1.82) is 0 Å². The largest absolute Gasteiger partial charge is 0.364 e. The molecule has 0 radical (unpaired) electrons. The van der Waals surface area contributed by atoms with Crippen LogP contribution in [0.1, 0.15) is 12.5 Å². The standard InChI is InChI=1S/C19H17N/c1-13-15-8-5-6-10-17(15)20(2)18-12-11-14-7-3-4-9-16(14)19(13)18/h3-12,17H,1-2H3. The van der Waals surface area contributed by atoms with Crippen molar-refractivity contribution >= 4 is 22.0 Å². The fourth-order valence-corrected chi connectivity index (χ4v) is 3.46. The van der Waals surface area contributed by atoms with Crippen molar-refractivity contribution in [2.24, 2.45) is 0 Å². The smallest absolute Gasteiger partial charge is 0.0729 e. The van der Waals surface area contributed by atoms with Gasteiger partial charge in [-0.05, 0) is 34.9 Å². The summed E-state index contributed by atoms with van der Waals surface area (Å²) < 4.78 is 0. The van der Waals surface area contributed by atoms with Crippen LogP contribution >= 0.6 is 0 Å². The van der Waals surface area contributed by atoms with Gasteiger partial charge in [-0.25, -0.2) is 0 Å². The molecule has 1 unspecified atom stereocenters. The Morgan fingerprint density at radius 3 is 2.75 bits per heavy atom. The molecule has 1 aliphatic heterocycles. The zero-order valence-electron chi connectivity index (χ0n) is 11.8. The van der Waals surface area contributed by atoms with Crippen LogP contribution in [0, 0.1) is 0 Å². The Morgan fingerprint density at radius 2 is 1.85 bits per heavy atom. The summed E-state index contributed by atoms with van der Waals surface area (Å²) in [6, 6.07) is 13.5. The molecule has 1 nitrogen and oxygen atoms in total. The van der Waals surface area contributed by atoms with Gasteiger partial charge in [0.15, 0.2) is 0 Å². The highest BCUT2D eigenvalue weighted by molar-refractivity contribution is 6.02. The van der Waals surface area contributed by atoms with Crippen molar-refractivity contribution in [3.8, 4) is 0 Å². The predicted octanol–water partition coefficient (Wildman–Crippen LogP) is 4.56. The third-order valence-electron chi connectivity index (χ3n) is 4.51. The molecule has 2 aliphatic rings. The van der Waals surface area contributed by atoms with Crippen molar-refractivity contribution < 1.29 is 0 Å². The number of anilines is 1. The van der Waals surface area contributed by atoms with Crippen LogP contribution in [0.2, 0.25) is 0 Å². The molecule has 0 amide bonds. The molecule has 2 aromatic carbocycles. The molecule has 0 spiro atoms. The maximum absolute atomic E-state index is 2.38. The van der Waals surface area contributed by atoms with Crippen molar-refractivity contribution in [1.82, 2.24) is 0 Å². The normalized spacial score (nSPS) is 20.3. The quantitative estimate of drug-likeness (QED) is 0.670. The van der Waals surface area contributed by atoms with Crippen molar-refractivity contribution in [2.75, 3.05) is 11.9 Å². The van der Waals surface area contributed by atoms with Gasteiger partial charge in [0.25, 0.3) is 0 Å². The van der Waals surface area contributed by atoms with Crippen LogP contribution < -0.4 is 4.90 Å². The Bertz CT molecular complexity index is 793. The number of rotatable bonds is 0. The minimum Gasteiger partial charge on any atom is -0.364 e. The summed E-state index contributed by atoms with van der Waals surface area (Å²) in [7, 11) is 2.19. The summed E-state index contributed by atoms with van der Waals surface area (Å²) in [5.74, 6) is 0. The lowest BCUT2D eigenvalue weighted by Gasteiger charge is -2.38. The Labute approximate surface area is 119 Å². The van der Waals surface area contributed by atoms with Crippen LogP contribution in [0.5, 0.6) is 0 Å². The third kappa shape index (κ3) is 1.44. The lowest BCUT2D eigenvalue weighted by atomic mass is 9.85. The lowest BCUT2D eigenvalue weighted by molar-refractivity contribution is 0.847. The maximum atomic E-state index is 2.38. The summed E-state index contributed by atoms with van der Waals surface area (Å²) in [5.41, 5.74) is 5.53. The summed E-state index contributed by atoms with van der Waals surface area (Å²) in [6.07, 6.45) is 8.81. The van der Waals surface area contributed by atoms with Gasteiger partial charge in [0.2, 0.25) is 0 Å². The number of hydrogen-bond acceptors (Lipinski definition) is 1. The fourth-order valence-electron chi connectivity index (χ4n) is 3.46. The second-order valence-corrected chi connectivity index (χ2v) is 5.56. The van der Waals surface area contributed by atoms with E-state index < -0.39 is 0 Å². The topological polar surface area (TPSA) is 3.24 Å². The molecule has 0 saturated carbocycles. The van der Waals surface area contributed by atoms with Gasteiger partial charge in [-0.3, -0.25) is 0 Å². The number of hydrogen-bond donors (Lipinski definition) is 0. The summed E-state index contributed by atoms with van der Waals surface area (Å²) >= 11 is 0. The van der Waals surface area contributed by atoms with Gasteiger partial charge in [0.1, 0.15) is 0 Å². The maximum Gasteiger partial charge on any atom is 0.0729 e. The highest BCUT2D eigenvalue weighted by Crippen LogP contribution is 2.42. The number of fused-ring (bicyclic) bond motifs is 4. The minimum atomic E-state index is 0.369. The molecule has 0 aromatic heterocycles. The molecule has 98 valence electrons. The average Bonchev–Trinajstić information content (AvgIpc) is 2.51. The molecular formula is C19H17N. The molecular weight excluding hydrogens is 242 g/mol. The van der Waals surface area contributed by atoms with E-state index in [0.717, 1.165) is 0 Å². The van der Waals surface area contributed by atoms with Gasteiger partial charge in [-0.1, -0.05) is 54.6 Å². The molecule has 0 fully saturated rings. The molecule has 0 N–H and O–H groups in total. The first-order valence-electron chi connectivity index (χ1n) is 7.08. The monoisotopic (exact) mass is 259 g/mol. The van der Waals surface area contributed by atoms with Gasteiger partial charge in [-0.15, -0.1) is 0 Å². The molecule has 1 aliphatic carbocycles. The van der Waals surface area contributed by atoms with Crippen LogP contribution in [0.4, 0.5) is 5.69 Å². The van der Waals surface area contributed by atoms with Crippen LogP contribution in [-0.2, 0) is 0 Å². The third-order valence-corrected chi connectivity index (χ3v) is 4.51. The van der Waals surface area contributed by atoms with Gasteiger partial charge in [0.05, 0.1) is 6.04 Å². The summed E-state index contributed by atoms with van der Waals surface area (Å²) in [4.78, 5) is 2.38. The van der Waals surface area contributed by atoms with E-state index in [1.807, 2.05) is 0 Å². The van der Waals surface area contributed by atoms with Gasteiger partial charge in [-0.2, -0.15) is 0 Å².